The van der Waals surface area contributed by atoms with Gasteiger partial charge in [-0.05, 0) is 77.0 Å². The van der Waals surface area contributed by atoms with Gasteiger partial charge in [0.1, 0.15) is 6.61 Å². The molecule has 0 aromatic carbocycles. The zero-order valence-electron chi connectivity index (χ0n) is 45.4. The Kier molecular flexibility index (Phi) is 56.8. The number of carbonyl (C=O) groups is 2. The van der Waals surface area contributed by atoms with E-state index >= 15 is 0 Å². The summed E-state index contributed by atoms with van der Waals surface area (Å²) in [7, 11) is 0. The maximum Gasteiger partial charge on any atom is 0.306 e. The van der Waals surface area contributed by atoms with Gasteiger partial charge in [-0.15, -0.1) is 0 Å². The minimum Gasteiger partial charge on any atom is -0.462 e. The van der Waals surface area contributed by atoms with Crippen molar-refractivity contribution in [3.05, 3.63) is 60.8 Å². The summed E-state index contributed by atoms with van der Waals surface area (Å²) in [5.74, 6) is -0.580. The molecule has 0 rings (SSSR count). The molecule has 0 amide bonds. The summed E-state index contributed by atoms with van der Waals surface area (Å²) >= 11 is 0. The zero-order chi connectivity index (χ0) is 49.2. The van der Waals surface area contributed by atoms with Crippen molar-refractivity contribution in [3.8, 4) is 0 Å². The van der Waals surface area contributed by atoms with Gasteiger partial charge < -0.3 is 14.6 Å². The van der Waals surface area contributed by atoms with Gasteiger partial charge in [-0.25, -0.2) is 0 Å². The Morgan fingerprint density at radius 3 is 0.971 bits per heavy atom. The first-order valence-electron chi connectivity index (χ1n) is 29.8. The fourth-order valence-corrected chi connectivity index (χ4v) is 8.84. The lowest BCUT2D eigenvalue weighted by Gasteiger charge is -2.15. The SMILES string of the molecule is CC/C=C\C/C=C\C/C=C\C/C=C\CCCCCCCCCCCCCCC(=O)OC(CO)COC(=O)CCCCCCCCCCCCCCCCCCC/C=C\CCCCCCCCCC. The highest BCUT2D eigenvalue weighted by atomic mass is 16.6. The third kappa shape index (κ3) is 56.2. The standard InChI is InChI=1S/C63H114O5/c1-3-5-7-9-11-13-15-17-19-21-23-25-27-29-30-31-32-34-35-37-39-41-43-45-47-49-51-53-55-57-62(65)67-60-61(59-64)68-63(66)58-56-54-52-50-48-46-44-42-40-38-36-33-28-26-24-22-20-18-16-14-12-10-8-6-4-2/h6,8,12,14,18,20-21,23-24,26,61,64H,3-5,7,9-11,13,15-17,19,22,25,27-60H2,1-2H3/b8-6-,14-12-,20-18-,23-21-,26-24-. The molecule has 1 unspecified atom stereocenters. The van der Waals surface area contributed by atoms with Crippen LogP contribution in [0.2, 0.25) is 0 Å². The molecule has 0 aliphatic rings. The van der Waals surface area contributed by atoms with Crippen molar-refractivity contribution < 1.29 is 24.2 Å². The molecular weight excluding hydrogens is 837 g/mol. The van der Waals surface area contributed by atoms with Crippen molar-refractivity contribution in [2.45, 2.75) is 315 Å². The highest BCUT2D eigenvalue weighted by Crippen LogP contribution is 2.17. The fraction of sp³-hybridized carbons (Fsp3) is 0.810. The number of aliphatic hydroxyl groups excluding tert-OH is 1. The minimum absolute atomic E-state index is 0.0646. The molecule has 0 heterocycles. The van der Waals surface area contributed by atoms with Crippen molar-refractivity contribution in [1.82, 2.24) is 0 Å². The Hall–Kier alpha value is -2.40. The second-order valence-corrected chi connectivity index (χ2v) is 20.0. The molecule has 0 aromatic heterocycles. The number of unbranched alkanes of at least 4 members (excludes halogenated alkanes) is 37. The van der Waals surface area contributed by atoms with Crippen LogP contribution in [0, 0.1) is 0 Å². The van der Waals surface area contributed by atoms with Gasteiger partial charge in [0.25, 0.3) is 0 Å². The topological polar surface area (TPSA) is 72.8 Å². The Morgan fingerprint density at radius 1 is 0.353 bits per heavy atom. The van der Waals surface area contributed by atoms with Crippen LogP contribution in [0.5, 0.6) is 0 Å². The summed E-state index contributed by atoms with van der Waals surface area (Å²) in [5, 5.41) is 9.67. The molecule has 0 spiro atoms. The first-order valence-corrected chi connectivity index (χ1v) is 29.8. The smallest absolute Gasteiger partial charge is 0.306 e. The van der Waals surface area contributed by atoms with Crippen molar-refractivity contribution >= 4 is 11.9 Å². The third-order valence-corrected chi connectivity index (χ3v) is 13.3. The monoisotopic (exact) mass is 951 g/mol. The molecule has 0 saturated heterocycles. The van der Waals surface area contributed by atoms with Gasteiger partial charge >= 0.3 is 11.9 Å². The van der Waals surface area contributed by atoms with Crippen LogP contribution in [0.25, 0.3) is 0 Å². The predicted molar refractivity (Wildman–Crippen MR) is 297 cm³/mol. The van der Waals surface area contributed by atoms with E-state index in [9.17, 15) is 14.7 Å². The lowest BCUT2D eigenvalue weighted by atomic mass is 10.0. The van der Waals surface area contributed by atoms with Crippen molar-refractivity contribution in [2.75, 3.05) is 13.2 Å². The minimum atomic E-state index is -0.774. The quantitative estimate of drug-likeness (QED) is 0.0374. The highest BCUT2D eigenvalue weighted by molar-refractivity contribution is 5.70. The van der Waals surface area contributed by atoms with E-state index in [-0.39, 0.29) is 25.2 Å². The molecule has 0 saturated carbocycles. The van der Waals surface area contributed by atoms with Crippen LogP contribution in [0.3, 0.4) is 0 Å². The number of ether oxygens (including phenoxy) is 2. The number of rotatable bonds is 55. The van der Waals surface area contributed by atoms with Gasteiger partial charge in [0.15, 0.2) is 6.10 Å². The summed E-state index contributed by atoms with van der Waals surface area (Å²) in [6.45, 7) is 4.06. The van der Waals surface area contributed by atoms with Gasteiger partial charge in [0.05, 0.1) is 6.61 Å². The van der Waals surface area contributed by atoms with E-state index in [0.29, 0.717) is 12.8 Å². The second kappa shape index (κ2) is 58.9. The van der Waals surface area contributed by atoms with Crippen molar-refractivity contribution in [1.29, 1.82) is 0 Å². The zero-order valence-corrected chi connectivity index (χ0v) is 45.4. The van der Waals surface area contributed by atoms with Crippen LogP contribution < -0.4 is 0 Å². The lowest BCUT2D eigenvalue weighted by Crippen LogP contribution is -2.28. The van der Waals surface area contributed by atoms with Gasteiger partial charge in [0, 0.05) is 12.8 Å². The van der Waals surface area contributed by atoms with Gasteiger partial charge in [-0.2, -0.15) is 0 Å². The van der Waals surface area contributed by atoms with Gasteiger partial charge in [0.2, 0.25) is 0 Å². The number of hydrogen-bond acceptors (Lipinski definition) is 5. The first-order chi connectivity index (χ1) is 33.6. The van der Waals surface area contributed by atoms with Gasteiger partial charge in [-0.1, -0.05) is 280 Å². The average molecular weight is 952 g/mol. The molecule has 1 N–H and O–H groups in total. The summed E-state index contributed by atoms with van der Waals surface area (Å²) in [6.07, 6.45) is 79.2. The Morgan fingerprint density at radius 2 is 0.632 bits per heavy atom. The van der Waals surface area contributed by atoms with Crippen molar-refractivity contribution in [2.24, 2.45) is 0 Å². The third-order valence-electron chi connectivity index (χ3n) is 13.3. The molecule has 396 valence electrons. The van der Waals surface area contributed by atoms with E-state index in [1.54, 1.807) is 0 Å². The molecule has 0 aromatic rings. The second-order valence-electron chi connectivity index (χ2n) is 20.0. The van der Waals surface area contributed by atoms with E-state index in [1.807, 2.05) is 0 Å². The molecule has 5 nitrogen and oxygen atoms in total. The van der Waals surface area contributed by atoms with Crippen LogP contribution in [-0.4, -0.2) is 36.4 Å². The molecule has 5 heteroatoms. The molecule has 1 atom stereocenters. The van der Waals surface area contributed by atoms with E-state index in [4.69, 9.17) is 9.47 Å². The number of carbonyl (C=O) groups excluding carboxylic acids is 2. The molecule has 0 aliphatic carbocycles. The van der Waals surface area contributed by atoms with E-state index in [2.05, 4.69) is 74.6 Å². The van der Waals surface area contributed by atoms with Crippen LogP contribution in [0.1, 0.15) is 309 Å². The Bertz CT molecular complexity index is 1170. The molecule has 0 fully saturated rings. The lowest BCUT2D eigenvalue weighted by molar-refractivity contribution is -0.161. The molecule has 0 aliphatic heterocycles. The highest BCUT2D eigenvalue weighted by Gasteiger charge is 2.16. The molecule has 0 bridgehead atoms. The van der Waals surface area contributed by atoms with Crippen LogP contribution >= 0.6 is 0 Å². The summed E-state index contributed by atoms with van der Waals surface area (Å²) in [4.78, 5) is 24.6. The predicted octanol–water partition coefficient (Wildman–Crippen LogP) is 20.2. The van der Waals surface area contributed by atoms with Crippen LogP contribution in [0.4, 0.5) is 0 Å². The Labute approximate surface area is 423 Å². The van der Waals surface area contributed by atoms with Crippen LogP contribution in [-0.2, 0) is 19.1 Å². The number of allylic oxidation sites excluding steroid dienone is 10. The average Bonchev–Trinajstić information content (AvgIpc) is 3.34. The van der Waals surface area contributed by atoms with E-state index < -0.39 is 6.10 Å². The fourth-order valence-electron chi connectivity index (χ4n) is 8.84. The van der Waals surface area contributed by atoms with Crippen LogP contribution in [0.15, 0.2) is 60.8 Å². The number of aliphatic hydroxyl groups is 1. The van der Waals surface area contributed by atoms with E-state index in [0.717, 1.165) is 64.2 Å². The number of hydrogen-bond donors (Lipinski definition) is 1. The molecule has 68 heavy (non-hydrogen) atoms. The molecule has 0 radical (unpaired) electrons. The maximum atomic E-state index is 12.3. The van der Waals surface area contributed by atoms with Crippen molar-refractivity contribution in [3.63, 3.8) is 0 Å². The number of esters is 2. The largest absolute Gasteiger partial charge is 0.462 e. The summed E-state index contributed by atoms with van der Waals surface area (Å²) in [5.41, 5.74) is 0. The summed E-state index contributed by atoms with van der Waals surface area (Å²) in [6, 6.07) is 0. The maximum absolute atomic E-state index is 12.3. The normalized spacial score (nSPS) is 12.6. The van der Waals surface area contributed by atoms with E-state index in [1.165, 1.54) is 218 Å². The van der Waals surface area contributed by atoms with Gasteiger partial charge in [-0.3, -0.25) is 9.59 Å². The molecular formula is C63H114O5. The Balaban J connectivity index is 3.44. The first kappa shape index (κ1) is 65.6. The summed E-state index contributed by atoms with van der Waals surface area (Å²) < 4.78 is 10.7.